The number of halogens is 2. The van der Waals surface area contributed by atoms with Gasteiger partial charge in [0, 0.05) is 5.56 Å². The largest absolute Gasteiger partial charge is 0.508 e. The van der Waals surface area contributed by atoms with E-state index in [0.717, 1.165) is 6.07 Å². The Morgan fingerprint density at radius 1 is 0.941 bits per heavy atom. The lowest BCUT2D eigenvalue weighted by Gasteiger charge is -2.14. The number of rotatable bonds is 2. The van der Waals surface area contributed by atoms with Crippen molar-refractivity contribution >= 4 is 0 Å². The van der Waals surface area contributed by atoms with Crippen molar-refractivity contribution < 1.29 is 13.9 Å². The second kappa shape index (κ2) is 4.51. The first-order valence-electron chi connectivity index (χ1n) is 5.07. The predicted octanol–water partition coefficient (Wildman–Crippen LogP) is 2.72. The summed E-state index contributed by atoms with van der Waals surface area (Å²) in [5.41, 5.74) is 6.77. The normalized spacial score (nSPS) is 12.4. The summed E-state index contributed by atoms with van der Waals surface area (Å²) in [5.74, 6) is -0.928. The van der Waals surface area contributed by atoms with E-state index in [1.54, 1.807) is 0 Å². The van der Waals surface area contributed by atoms with Crippen LogP contribution in [0.15, 0.2) is 42.5 Å². The minimum Gasteiger partial charge on any atom is -0.508 e. The summed E-state index contributed by atoms with van der Waals surface area (Å²) in [6.45, 7) is 0. The molecule has 2 aromatic rings. The molecule has 0 radical (unpaired) electrons. The molecule has 0 heterocycles. The third-order valence-electron chi connectivity index (χ3n) is 2.55. The molecule has 3 N–H and O–H groups in total. The van der Waals surface area contributed by atoms with E-state index in [1.807, 2.05) is 0 Å². The molecule has 4 heteroatoms. The van der Waals surface area contributed by atoms with Gasteiger partial charge in [0.1, 0.15) is 17.4 Å². The maximum atomic E-state index is 13.1. The van der Waals surface area contributed by atoms with Crippen molar-refractivity contribution in [1.29, 1.82) is 0 Å². The summed E-state index contributed by atoms with van der Waals surface area (Å²) in [7, 11) is 0. The zero-order chi connectivity index (χ0) is 12.4. The van der Waals surface area contributed by atoms with Crippen LogP contribution in [0.5, 0.6) is 5.75 Å². The van der Waals surface area contributed by atoms with Crippen molar-refractivity contribution in [3.05, 3.63) is 65.2 Å². The van der Waals surface area contributed by atoms with Crippen LogP contribution < -0.4 is 5.73 Å². The van der Waals surface area contributed by atoms with Crippen LogP contribution in [0.2, 0.25) is 0 Å². The molecule has 0 bridgehead atoms. The van der Waals surface area contributed by atoms with Crippen LogP contribution in [0.25, 0.3) is 0 Å². The van der Waals surface area contributed by atoms with E-state index in [1.165, 1.54) is 36.4 Å². The van der Waals surface area contributed by atoms with Gasteiger partial charge in [-0.15, -0.1) is 0 Å². The molecule has 0 saturated heterocycles. The smallest absolute Gasteiger partial charge is 0.123 e. The molecule has 1 atom stereocenters. The monoisotopic (exact) mass is 235 g/mol. The Hall–Kier alpha value is -1.94. The zero-order valence-electron chi connectivity index (χ0n) is 8.90. The average Bonchev–Trinajstić information content (AvgIpc) is 2.32. The van der Waals surface area contributed by atoms with E-state index >= 15 is 0 Å². The minimum atomic E-state index is -0.689. The van der Waals surface area contributed by atoms with Crippen LogP contribution >= 0.6 is 0 Å². The molecule has 2 nitrogen and oxygen atoms in total. The van der Waals surface area contributed by atoms with Gasteiger partial charge in [0.25, 0.3) is 0 Å². The molecule has 2 rings (SSSR count). The fourth-order valence-electron chi connectivity index (χ4n) is 1.62. The van der Waals surface area contributed by atoms with Crippen molar-refractivity contribution in [2.24, 2.45) is 5.73 Å². The number of nitrogens with two attached hydrogens (primary N) is 1. The summed E-state index contributed by atoms with van der Waals surface area (Å²) >= 11 is 0. The molecule has 88 valence electrons. The lowest BCUT2D eigenvalue weighted by Crippen LogP contribution is -2.12. The molecule has 17 heavy (non-hydrogen) atoms. The number of phenols is 1. The second-order valence-electron chi connectivity index (χ2n) is 3.73. The van der Waals surface area contributed by atoms with Crippen LogP contribution in [0.1, 0.15) is 17.2 Å². The number of phenolic OH excluding ortho intramolecular Hbond substituents is 1. The van der Waals surface area contributed by atoms with Crippen molar-refractivity contribution in [1.82, 2.24) is 0 Å². The van der Waals surface area contributed by atoms with E-state index in [-0.39, 0.29) is 17.1 Å². The molecule has 0 amide bonds. The standard InChI is InChI=1S/C13H11F2NO/c14-9-3-1-8(2-4-9)13(16)11-7-10(15)5-6-12(11)17/h1-7,13,17H,16H2. The van der Waals surface area contributed by atoms with Crippen LogP contribution in [0.3, 0.4) is 0 Å². The maximum absolute atomic E-state index is 13.1. The van der Waals surface area contributed by atoms with Crippen molar-refractivity contribution in [2.75, 3.05) is 0 Å². The maximum Gasteiger partial charge on any atom is 0.123 e. The Morgan fingerprint density at radius 3 is 2.18 bits per heavy atom. The Morgan fingerprint density at radius 2 is 1.53 bits per heavy atom. The minimum absolute atomic E-state index is 0.0803. The van der Waals surface area contributed by atoms with Gasteiger partial charge < -0.3 is 10.8 Å². The van der Waals surface area contributed by atoms with E-state index in [4.69, 9.17) is 5.73 Å². The average molecular weight is 235 g/mol. The van der Waals surface area contributed by atoms with Crippen LogP contribution in [-0.4, -0.2) is 5.11 Å². The third kappa shape index (κ3) is 2.42. The Kier molecular flexibility index (Phi) is 3.06. The van der Waals surface area contributed by atoms with Gasteiger partial charge in [-0.05, 0) is 35.9 Å². The van der Waals surface area contributed by atoms with Crippen molar-refractivity contribution in [2.45, 2.75) is 6.04 Å². The SMILES string of the molecule is NC(c1ccc(F)cc1)c1cc(F)ccc1O. The van der Waals surface area contributed by atoms with E-state index < -0.39 is 11.9 Å². The highest BCUT2D eigenvalue weighted by molar-refractivity contribution is 5.40. The van der Waals surface area contributed by atoms with Gasteiger partial charge in [-0.1, -0.05) is 12.1 Å². The lowest BCUT2D eigenvalue weighted by molar-refractivity contribution is 0.462. The first-order valence-corrected chi connectivity index (χ1v) is 5.07. The van der Waals surface area contributed by atoms with E-state index in [9.17, 15) is 13.9 Å². The van der Waals surface area contributed by atoms with Crippen LogP contribution in [0, 0.1) is 11.6 Å². The summed E-state index contributed by atoms with van der Waals surface area (Å²) < 4.78 is 25.8. The molecule has 0 fully saturated rings. The number of hydrogen-bond acceptors (Lipinski definition) is 2. The summed E-state index contributed by atoms with van der Waals surface area (Å²) in [4.78, 5) is 0. The summed E-state index contributed by atoms with van der Waals surface area (Å²) in [5, 5.41) is 9.60. The van der Waals surface area contributed by atoms with Gasteiger partial charge in [0.05, 0.1) is 6.04 Å². The van der Waals surface area contributed by atoms with Crippen molar-refractivity contribution in [3.8, 4) is 5.75 Å². The molecule has 0 aliphatic carbocycles. The molecular formula is C13H11F2NO. The highest BCUT2D eigenvalue weighted by Gasteiger charge is 2.14. The van der Waals surface area contributed by atoms with Gasteiger partial charge in [-0.3, -0.25) is 0 Å². The molecule has 0 aliphatic rings. The van der Waals surface area contributed by atoms with Crippen LogP contribution in [0.4, 0.5) is 8.78 Å². The summed E-state index contributed by atoms with van der Waals surface area (Å²) in [6, 6.07) is 8.42. The van der Waals surface area contributed by atoms with Gasteiger partial charge >= 0.3 is 0 Å². The van der Waals surface area contributed by atoms with Crippen molar-refractivity contribution in [3.63, 3.8) is 0 Å². The molecule has 1 unspecified atom stereocenters. The van der Waals surface area contributed by atoms with Crippen LogP contribution in [-0.2, 0) is 0 Å². The Balaban J connectivity index is 2.39. The quantitative estimate of drug-likeness (QED) is 0.840. The number of benzene rings is 2. The molecule has 0 aromatic heterocycles. The third-order valence-corrected chi connectivity index (χ3v) is 2.55. The number of hydrogen-bond donors (Lipinski definition) is 2. The highest BCUT2D eigenvalue weighted by Crippen LogP contribution is 2.28. The summed E-state index contributed by atoms with van der Waals surface area (Å²) in [6.07, 6.45) is 0. The fraction of sp³-hybridized carbons (Fsp3) is 0.0769. The molecular weight excluding hydrogens is 224 g/mol. The number of aromatic hydroxyl groups is 1. The van der Waals surface area contributed by atoms with E-state index in [2.05, 4.69) is 0 Å². The topological polar surface area (TPSA) is 46.2 Å². The Bertz CT molecular complexity index is 525. The molecule has 2 aromatic carbocycles. The van der Waals surface area contributed by atoms with Gasteiger partial charge in [0.2, 0.25) is 0 Å². The molecule has 0 aliphatic heterocycles. The fourth-order valence-corrected chi connectivity index (χ4v) is 1.62. The van der Waals surface area contributed by atoms with Gasteiger partial charge in [-0.2, -0.15) is 0 Å². The second-order valence-corrected chi connectivity index (χ2v) is 3.73. The van der Waals surface area contributed by atoms with E-state index in [0.29, 0.717) is 5.56 Å². The zero-order valence-corrected chi connectivity index (χ0v) is 8.90. The lowest BCUT2D eigenvalue weighted by atomic mass is 9.99. The molecule has 0 saturated carbocycles. The predicted molar refractivity (Wildman–Crippen MR) is 60.5 cm³/mol. The van der Waals surface area contributed by atoms with Gasteiger partial charge in [0.15, 0.2) is 0 Å². The van der Waals surface area contributed by atoms with Gasteiger partial charge in [-0.25, -0.2) is 8.78 Å². The highest BCUT2D eigenvalue weighted by atomic mass is 19.1. The first-order chi connectivity index (χ1) is 8.08. The Labute approximate surface area is 97.3 Å². The molecule has 0 spiro atoms. The first kappa shape index (κ1) is 11.5.